The molecule has 21 heavy (non-hydrogen) atoms. The normalized spacial score (nSPS) is 18.6. The molecule has 1 aliphatic heterocycles. The number of benzene rings is 1. The SMILES string of the molecule is CCc1cccc(OCC(=O)N2CCCC(CCO)C2)c1. The van der Waals surface area contributed by atoms with Gasteiger partial charge in [-0.15, -0.1) is 0 Å². The van der Waals surface area contributed by atoms with Gasteiger partial charge in [-0.05, 0) is 49.3 Å². The molecule has 1 heterocycles. The molecule has 1 atom stereocenters. The first-order valence-corrected chi connectivity index (χ1v) is 7.83. The van der Waals surface area contributed by atoms with Crippen molar-refractivity contribution in [2.75, 3.05) is 26.3 Å². The van der Waals surface area contributed by atoms with E-state index in [0.29, 0.717) is 5.92 Å². The number of hydrogen-bond donors (Lipinski definition) is 1. The molecule has 116 valence electrons. The number of piperidine rings is 1. The first kappa shape index (κ1) is 15.8. The number of aryl methyl sites for hydroxylation is 1. The second-order valence-electron chi connectivity index (χ2n) is 5.65. The number of carbonyl (C=O) groups is 1. The first-order valence-electron chi connectivity index (χ1n) is 7.83. The second-order valence-corrected chi connectivity index (χ2v) is 5.65. The second kappa shape index (κ2) is 8.03. The van der Waals surface area contributed by atoms with Gasteiger partial charge in [-0.1, -0.05) is 19.1 Å². The standard InChI is InChI=1S/C17H25NO3/c1-2-14-5-3-7-16(11-14)21-13-17(20)18-9-4-6-15(12-18)8-10-19/h3,5,7,11,15,19H,2,4,6,8-10,12-13H2,1H3. The Labute approximate surface area is 126 Å². The molecule has 1 aromatic rings. The van der Waals surface area contributed by atoms with Gasteiger partial charge in [0.1, 0.15) is 5.75 Å². The lowest BCUT2D eigenvalue weighted by Crippen LogP contribution is -2.42. The number of rotatable bonds is 6. The van der Waals surface area contributed by atoms with Crippen LogP contribution < -0.4 is 4.74 Å². The predicted molar refractivity (Wildman–Crippen MR) is 82.3 cm³/mol. The summed E-state index contributed by atoms with van der Waals surface area (Å²) in [5.41, 5.74) is 1.21. The highest BCUT2D eigenvalue weighted by molar-refractivity contribution is 5.77. The Hall–Kier alpha value is -1.55. The third-order valence-corrected chi connectivity index (χ3v) is 4.08. The summed E-state index contributed by atoms with van der Waals surface area (Å²) < 4.78 is 5.62. The van der Waals surface area contributed by atoms with E-state index in [0.717, 1.165) is 44.5 Å². The fraction of sp³-hybridized carbons (Fsp3) is 0.588. The largest absolute Gasteiger partial charge is 0.484 e. The Morgan fingerprint density at radius 1 is 1.48 bits per heavy atom. The Balaban J connectivity index is 1.83. The van der Waals surface area contributed by atoms with Crippen molar-refractivity contribution >= 4 is 5.91 Å². The van der Waals surface area contributed by atoms with Crippen molar-refractivity contribution < 1.29 is 14.6 Å². The van der Waals surface area contributed by atoms with Crippen LogP contribution in [-0.4, -0.2) is 42.2 Å². The molecule has 0 aromatic heterocycles. The smallest absolute Gasteiger partial charge is 0.260 e. The maximum atomic E-state index is 12.2. The molecule has 1 unspecified atom stereocenters. The molecule has 1 N–H and O–H groups in total. The van der Waals surface area contributed by atoms with E-state index in [1.54, 1.807) is 0 Å². The maximum absolute atomic E-state index is 12.2. The van der Waals surface area contributed by atoms with Gasteiger partial charge in [-0.2, -0.15) is 0 Å². The molecular formula is C17H25NO3. The van der Waals surface area contributed by atoms with E-state index in [1.165, 1.54) is 5.56 Å². The van der Waals surface area contributed by atoms with Gasteiger partial charge >= 0.3 is 0 Å². The van der Waals surface area contributed by atoms with E-state index in [1.807, 2.05) is 23.1 Å². The van der Waals surface area contributed by atoms with Gasteiger partial charge in [0.15, 0.2) is 6.61 Å². The van der Waals surface area contributed by atoms with Crippen molar-refractivity contribution in [1.82, 2.24) is 4.90 Å². The molecule has 1 amide bonds. The van der Waals surface area contributed by atoms with Crippen LogP contribution in [0.4, 0.5) is 0 Å². The molecule has 0 saturated carbocycles. The van der Waals surface area contributed by atoms with Gasteiger partial charge in [0.2, 0.25) is 0 Å². The van der Waals surface area contributed by atoms with Crippen molar-refractivity contribution in [2.24, 2.45) is 5.92 Å². The number of likely N-dealkylation sites (tertiary alicyclic amines) is 1. The number of amides is 1. The van der Waals surface area contributed by atoms with Crippen LogP contribution >= 0.6 is 0 Å². The Morgan fingerprint density at radius 3 is 3.10 bits per heavy atom. The molecule has 1 aromatic carbocycles. The van der Waals surface area contributed by atoms with Crippen molar-refractivity contribution in [3.05, 3.63) is 29.8 Å². The van der Waals surface area contributed by atoms with Crippen LogP contribution in [0.5, 0.6) is 5.75 Å². The van der Waals surface area contributed by atoms with Crippen LogP contribution in [0.15, 0.2) is 24.3 Å². The number of carbonyl (C=O) groups excluding carboxylic acids is 1. The molecule has 0 radical (unpaired) electrons. The highest BCUT2D eigenvalue weighted by Gasteiger charge is 2.23. The van der Waals surface area contributed by atoms with E-state index in [9.17, 15) is 4.79 Å². The van der Waals surface area contributed by atoms with Crippen LogP contribution in [-0.2, 0) is 11.2 Å². The molecule has 0 spiro atoms. The monoisotopic (exact) mass is 291 g/mol. The summed E-state index contributed by atoms with van der Waals surface area (Å²) in [6.07, 6.45) is 3.86. The van der Waals surface area contributed by atoms with Gasteiger partial charge in [0, 0.05) is 19.7 Å². The molecule has 0 aliphatic carbocycles. The van der Waals surface area contributed by atoms with Crippen molar-refractivity contribution in [1.29, 1.82) is 0 Å². The van der Waals surface area contributed by atoms with Gasteiger partial charge in [0.25, 0.3) is 5.91 Å². The quantitative estimate of drug-likeness (QED) is 0.874. The minimum atomic E-state index is 0.0412. The zero-order chi connectivity index (χ0) is 15.1. The number of aliphatic hydroxyl groups is 1. The van der Waals surface area contributed by atoms with Crippen LogP contribution in [0.25, 0.3) is 0 Å². The molecule has 1 saturated heterocycles. The third-order valence-electron chi connectivity index (χ3n) is 4.08. The van der Waals surface area contributed by atoms with Crippen molar-refractivity contribution in [2.45, 2.75) is 32.6 Å². The number of aliphatic hydroxyl groups excluding tert-OH is 1. The van der Waals surface area contributed by atoms with E-state index < -0.39 is 0 Å². The molecule has 4 heteroatoms. The molecule has 1 fully saturated rings. The lowest BCUT2D eigenvalue weighted by atomic mass is 9.95. The van der Waals surface area contributed by atoms with Gasteiger partial charge in [0.05, 0.1) is 0 Å². The van der Waals surface area contributed by atoms with E-state index in [2.05, 4.69) is 13.0 Å². The zero-order valence-corrected chi connectivity index (χ0v) is 12.8. The first-order chi connectivity index (χ1) is 10.2. The van der Waals surface area contributed by atoms with Gasteiger partial charge < -0.3 is 14.7 Å². The van der Waals surface area contributed by atoms with Crippen LogP contribution in [0.2, 0.25) is 0 Å². The summed E-state index contributed by atoms with van der Waals surface area (Å²) in [5.74, 6) is 1.22. The molecule has 0 bridgehead atoms. The number of ether oxygens (including phenoxy) is 1. The summed E-state index contributed by atoms with van der Waals surface area (Å²) in [4.78, 5) is 14.1. The molecule has 2 rings (SSSR count). The topological polar surface area (TPSA) is 49.8 Å². The number of hydrogen-bond acceptors (Lipinski definition) is 3. The van der Waals surface area contributed by atoms with E-state index in [-0.39, 0.29) is 19.1 Å². The lowest BCUT2D eigenvalue weighted by molar-refractivity contribution is -0.135. The van der Waals surface area contributed by atoms with E-state index in [4.69, 9.17) is 9.84 Å². The predicted octanol–water partition coefficient (Wildman–Crippen LogP) is 2.25. The summed E-state index contributed by atoms with van der Waals surface area (Å²) in [6, 6.07) is 7.88. The fourth-order valence-corrected chi connectivity index (χ4v) is 2.80. The Kier molecular flexibility index (Phi) is 6.05. The highest BCUT2D eigenvalue weighted by atomic mass is 16.5. The molecular weight excluding hydrogens is 266 g/mol. The summed E-state index contributed by atoms with van der Waals surface area (Å²) in [7, 11) is 0. The molecule has 1 aliphatic rings. The van der Waals surface area contributed by atoms with Gasteiger partial charge in [-0.25, -0.2) is 0 Å². The van der Waals surface area contributed by atoms with Crippen molar-refractivity contribution in [3.8, 4) is 5.75 Å². The minimum absolute atomic E-state index is 0.0412. The summed E-state index contributed by atoms with van der Waals surface area (Å²) >= 11 is 0. The Morgan fingerprint density at radius 2 is 2.33 bits per heavy atom. The number of nitrogens with zero attached hydrogens (tertiary/aromatic N) is 1. The maximum Gasteiger partial charge on any atom is 0.260 e. The minimum Gasteiger partial charge on any atom is -0.484 e. The van der Waals surface area contributed by atoms with Crippen molar-refractivity contribution in [3.63, 3.8) is 0 Å². The summed E-state index contributed by atoms with van der Waals surface area (Å²) in [6.45, 7) is 3.95. The molecule has 4 nitrogen and oxygen atoms in total. The van der Waals surface area contributed by atoms with Crippen LogP contribution in [0.1, 0.15) is 31.7 Å². The average Bonchev–Trinajstić information content (AvgIpc) is 2.53. The summed E-state index contributed by atoms with van der Waals surface area (Å²) in [5, 5.41) is 9.02. The highest BCUT2D eigenvalue weighted by Crippen LogP contribution is 2.20. The Bertz CT molecular complexity index is 459. The van der Waals surface area contributed by atoms with Gasteiger partial charge in [-0.3, -0.25) is 4.79 Å². The third kappa shape index (κ3) is 4.74. The van der Waals surface area contributed by atoms with Crippen LogP contribution in [0.3, 0.4) is 0 Å². The fourth-order valence-electron chi connectivity index (χ4n) is 2.80. The zero-order valence-electron chi connectivity index (χ0n) is 12.8. The van der Waals surface area contributed by atoms with Crippen LogP contribution in [0, 0.1) is 5.92 Å². The average molecular weight is 291 g/mol. The van der Waals surface area contributed by atoms with E-state index >= 15 is 0 Å². The lowest BCUT2D eigenvalue weighted by Gasteiger charge is -2.32.